The van der Waals surface area contributed by atoms with Crippen molar-refractivity contribution in [3.05, 3.63) is 93.9 Å². The number of methoxy groups -OCH3 is 1. The molecule has 3 aromatic carbocycles. The third-order valence-electron chi connectivity index (χ3n) is 6.26. The van der Waals surface area contributed by atoms with Gasteiger partial charge in [-0.3, -0.25) is 9.59 Å². The lowest BCUT2D eigenvalue weighted by atomic mass is 10.1. The highest BCUT2D eigenvalue weighted by Crippen LogP contribution is 2.39. The van der Waals surface area contributed by atoms with Gasteiger partial charge in [0, 0.05) is 4.88 Å². The van der Waals surface area contributed by atoms with E-state index >= 15 is 0 Å². The van der Waals surface area contributed by atoms with Crippen LogP contribution in [0.1, 0.15) is 38.3 Å². The second kappa shape index (κ2) is 11.3. The Morgan fingerprint density at radius 2 is 1.82 bits per heavy atom. The van der Waals surface area contributed by atoms with Crippen molar-refractivity contribution in [1.29, 1.82) is 0 Å². The molecule has 0 aliphatic heterocycles. The molecule has 5 rings (SSSR count). The Kier molecular flexibility index (Phi) is 7.46. The number of benzene rings is 3. The number of fused-ring (bicyclic) bond motifs is 2. The molecule has 0 saturated carbocycles. The first kappa shape index (κ1) is 25.2. The zero-order valence-corrected chi connectivity index (χ0v) is 21.5. The third-order valence-corrected chi connectivity index (χ3v) is 7.46. The Labute approximate surface area is 223 Å². The van der Waals surface area contributed by atoms with E-state index in [1.165, 1.54) is 24.7 Å². The van der Waals surface area contributed by atoms with E-state index in [4.69, 9.17) is 9.47 Å². The highest BCUT2D eigenvalue weighted by atomic mass is 32.1. The van der Waals surface area contributed by atoms with Crippen LogP contribution in [0.4, 0.5) is 5.00 Å². The van der Waals surface area contributed by atoms with Crippen molar-refractivity contribution in [2.24, 2.45) is 5.10 Å². The summed E-state index contributed by atoms with van der Waals surface area (Å²) in [5.41, 5.74) is 5.20. The molecule has 4 aromatic rings. The van der Waals surface area contributed by atoms with Gasteiger partial charge < -0.3 is 14.8 Å². The van der Waals surface area contributed by atoms with E-state index in [1.807, 2.05) is 36.4 Å². The molecule has 1 heterocycles. The SMILES string of the molecule is COC(=O)c1c(NC(=O)C(=O)N/N=C/c2cccc(OCc3cccc4ccccc34)c2)sc2c1CCC2. The van der Waals surface area contributed by atoms with Gasteiger partial charge in [0.05, 0.1) is 18.9 Å². The Morgan fingerprint density at radius 1 is 1.00 bits per heavy atom. The summed E-state index contributed by atoms with van der Waals surface area (Å²) in [7, 11) is 1.29. The Hall–Kier alpha value is -4.50. The van der Waals surface area contributed by atoms with E-state index in [1.54, 1.807) is 12.1 Å². The van der Waals surface area contributed by atoms with Gasteiger partial charge in [-0.2, -0.15) is 5.10 Å². The zero-order valence-electron chi connectivity index (χ0n) is 20.7. The summed E-state index contributed by atoms with van der Waals surface area (Å²) in [5, 5.41) is 9.04. The number of esters is 1. The Balaban J connectivity index is 1.19. The highest BCUT2D eigenvalue weighted by Gasteiger charge is 2.29. The van der Waals surface area contributed by atoms with Gasteiger partial charge in [0.25, 0.3) is 0 Å². The fourth-order valence-corrected chi connectivity index (χ4v) is 5.72. The standard InChI is InChI=1S/C29H25N3O5S/c1-36-29(35)25-23-13-6-14-24(23)38-28(25)31-26(33)27(34)32-30-16-18-7-4-11-21(15-18)37-17-20-10-5-9-19-8-2-3-12-22(19)20/h2-5,7-12,15-16H,6,13-14,17H2,1H3,(H,31,33)(H,32,34)/b30-16+. The molecule has 9 heteroatoms. The molecule has 0 bridgehead atoms. The summed E-state index contributed by atoms with van der Waals surface area (Å²) < 4.78 is 10.9. The van der Waals surface area contributed by atoms with Gasteiger partial charge in [-0.15, -0.1) is 11.3 Å². The van der Waals surface area contributed by atoms with E-state index in [0.29, 0.717) is 28.5 Å². The Bertz CT molecular complexity index is 1550. The van der Waals surface area contributed by atoms with Crippen molar-refractivity contribution < 1.29 is 23.9 Å². The number of anilines is 1. The summed E-state index contributed by atoms with van der Waals surface area (Å²) in [4.78, 5) is 38.0. The molecular weight excluding hydrogens is 502 g/mol. The van der Waals surface area contributed by atoms with Crippen LogP contribution in [0.5, 0.6) is 5.75 Å². The minimum absolute atomic E-state index is 0.321. The maximum Gasteiger partial charge on any atom is 0.341 e. The van der Waals surface area contributed by atoms with Gasteiger partial charge in [-0.25, -0.2) is 10.2 Å². The van der Waals surface area contributed by atoms with Crippen LogP contribution < -0.4 is 15.5 Å². The molecule has 1 aromatic heterocycles. The number of nitrogens with one attached hydrogen (secondary N) is 2. The van der Waals surface area contributed by atoms with Gasteiger partial charge in [0.15, 0.2) is 0 Å². The quantitative estimate of drug-likeness (QED) is 0.155. The second-order valence-corrected chi connectivity index (χ2v) is 9.81. The van der Waals surface area contributed by atoms with Crippen LogP contribution in [0.15, 0.2) is 71.8 Å². The molecule has 0 atom stereocenters. The van der Waals surface area contributed by atoms with Crippen molar-refractivity contribution in [3.8, 4) is 5.75 Å². The lowest BCUT2D eigenvalue weighted by Crippen LogP contribution is -2.32. The molecule has 1 aliphatic rings. The smallest absolute Gasteiger partial charge is 0.341 e. The normalized spacial score (nSPS) is 12.3. The topological polar surface area (TPSA) is 106 Å². The third kappa shape index (κ3) is 5.42. The van der Waals surface area contributed by atoms with E-state index in [-0.39, 0.29) is 0 Å². The van der Waals surface area contributed by atoms with E-state index in [0.717, 1.165) is 46.0 Å². The average Bonchev–Trinajstić information content (AvgIpc) is 3.52. The van der Waals surface area contributed by atoms with Crippen LogP contribution in [0.25, 0.3) is 10.8 Å². The number of carbonyl (C=O) groups is 3. The predicted molar refractivity (Wildman–Crippen MR) is 147 cm³/mol. The molecule has 2 N–H and O–H groups in total. The monoisotopic (exact) mass is 527 g/mol. The van der Waals surface area contributed by atoms with E-state index in [2.05, 4.69) is 34.0 Å². The number of carbonyl (C=O) groups excluding carboxylic acids is 3. The van der Waals surface area contributed by atoms with Gasteiger partial charge >= 0.3 is 17.8 Å². The zero-order chi connectivity index (χ0) is 26.5. The van der Waals surface area contributed by atoms with Gasteiger partial charge in [0.2, 0.25) is 0 Å². The van der Waals surface area contributed by atoms with Crippen molar-refractivity contribution in [1.82, 2.24) is 5.43 Å². The predicted octanol–water partition coefficient (Wildman–Crippen LogP) is 4.84. The maximum atomic E-state index is 12.4. The molecule has 0 spiro atoms. The number of hydrogen-bond acceptors (Lipinski definition) is 7. The first-order valence-corrected chi connectivity index (χ1v) is 12.9. The molecule has 8 nitrogen and oxygen atoms in total. The number of hydrazone groups is 1. The first-order valence-electron chi connectivity index (χ1n) is 12.1. The van der Waals surface area contributed by atoms with Crippen LogP contribution in [-0.4, -0.2) is 31.1 Å². The van der Waals surface area contributed by atoms with Crippen molar-refractivity contribution in [3.63, 3.8) is 0 Å². The fraction of sp³-hybridized carbons (Fsp3) is 0.172. The van der Waals surface area contributed by atoms with Gasteiger partial charge in [0.1, 0.15) is 17.4 Å². The van der Waals surface area contributed by atoms with Crippen molar-refractivity contribution in [2.45, 2.75) is 25.9 Å². The van der Waals surface area contributed by atoms with Crippen LogP contribution in [-0.2, 0) is 33.8 Å². The van der Waals surface area contributed by atoms with Crippen LogP contribution in [0.3, 0.4) is 0 Å². The van der Waals surface area contributed by atoms with Crippen molar-refractivity contribution >= 4 is 51.1 Å². The molecule has 0 saturated heterocycles. The van der Waals surface area contributed by atoms with E-state index < -0.39 is 17.8 Å². The number of rotatable bonds is 7. The lowest BCUT2D eigenvalue weighted by molar-refractivity contribution is -0.136. The second-order valence-electron chi connectivity index (χ2n) is 8.71. The number of nitrogens with zero attached hydrogens (tertiary/aromatic N) is 1. The molecule has 192 valence electrons. The van der Waals surface area contributed by atoms with Crippen molar-refractivity contribution in [2.75, 3.05) is 12.4 Å². The van der Waals surface area contributed by atoms with Crippen LogP contribution in [0, 0.1) is 0 Å². The number of ether oxygens (including phenoxy) is 2. The molecule has 2 amide bonds. The summed E-state index contributed by atoms with van der Waals surface area (Å²) in [6.45, 7) is 0.401. The minimum atomic E-state index is -0.950. The summed E-state index contributed by atoms with van der Waals surface area (Å²) in [5.74, 6) is -1.75. The largest absolute Gasteiger partial charge is 0.489 e. The van der Waals surface area contributed by atoms with Crippen LogP contribution >= 0.6 is 11.3 Å². The summed E-state index contributed by atoms with van der Waals surface area (Å²) in [6.07, 6.45) is 3.95. The number of amides is 2. The maximum absolute atomic E-state index is 12.4. The van der Waals surface area contributed by atoms with E-state index in [9.17, 15) is 14.4 Å². The summed E-state index contributed by atoms with van der Waals surface area (Å²) in [6, 6.07) is 21.5. The lowest BCUT2D eigenvalue weighted by Gasteiger charge is -2.09. The molecule has 38 heavy (non-hydrogen) atoms. The number of aryl methyl sites for hydroxylation is 1. The fourth-order valence-electron chi connectivity index (χ4n) is 4.45. The average molecular weight is 528 g/mol. The van der Waals surface area contributed by atoms with Crippen LogP contribution in [0.2, 0.25) is 0 Å². The molecular formula is C29H25N3O5S. The number of hydrogen-bond donors (Lipinski definition) is 2. The first-order chi connectivity index (χ1) is 18.5. The summed E-state index contributed by atoms with van der Waals surface area (Å²) >= 11 is 1.30. The molecule has 0 radical (unpaired) electrons. The van der Waals surface area contributed by atoms with Gasteiger partial charge in [-0.1, -0.05) is 54.6 Å². The molecule has 0 unspecified atom stereocenters. The molecule has 0 fully saturated rings. The molecule has 1 aliphatic carbocycles. The highest BCUT2D eigenvalue weighted by molar-refractivity contribution is 7.17. The minimum Gasteiger partial charge on any atom is -0.489 e. The Morgan fingerprint density at radius 3 is 2.68 bits per heavy atom. The van der Waals surface area contributed by atoms with Gasteiger partial charge in [-0.05, 0) is 58.9 Å². The number of thiophene rings is 1.